The number of anilines is 1. The quantitative estimate of drug-likeness (QED) is 0.231. The largest absolute Gasteiger partial charge is 0.481 e. The van der Waals surface area contributed by atoms with Crippen LogP contribution in [-0.4, -0.2) is 79.0 Å². The number of rotatable bonds is 14. The third-order valence-corrected chi connectivity index (χ3v) is 6.76. The maximum absolute atomic E-state index is 10.3. The van der Waals surface area contributed by atoms with Crippen molar-refractivity contribution in [3.63, 3.8) is 0 Å². The molecule has 4 N–H and O–H groups in total. The second-order valence-electron chi connectivity index (χ2n) is 9.42. The molecule has 0 spiro atoms. The topological polar surface area (TPSA) is 156 Å². The molecular formula is C27H36N4O7S. The molecule has 0 aliphatic heterocycles. The molecule has 0 aliphatic rings. The lowest BCUT2D eigenvalue weighted by Crippen LogP contribution is -2.42. The Hall–Kier alpha value is -3.74. The predicted octanol–water partition coefficient (Wildman–Crippen LogP) is 3.16. The number of nitrogens with zero attached hydrogens (tertiary/aromatic N) is 4. The van der Waals surface area contributed by atoms with Crippen LogP contribution >= 0.6 is 11.3 Å². The molecule has 2 aromatic heterocycles. The highest BCUT2D eigenvalue weighted by molar-refractivity contribution is 7.11. The van der Waals surface area contributed by atoms with Crippen molar-refractivity contribution in [2.45, 2.75) is 51.4 Å². The van der Waals surface area contributed by atoms with Crippen LogP contribution in [0.1, 0.15) is 34.6 Å². The first-order valence-electron chi connectivity index (χ1n) is 12.3. The molecule has 0 atom stereocenters. The average Bonchev–Trinajstić information content (AvgIpc) is 3.50. The van der Waals surface area contributed by atoms with Crippen LogP contribution in [0.3, 0.4) is 0 Å². The van der Waals surface area contributed by atoms with Gasteiger partial charge in [-0.2, -0.15) is 0 Å². The number of aliphatic carboxylic acids is 3. The lowest BCUT2D eigenvalue weighted by atomic mass is 9.96. The van der Waals surface area contributed by atoms with Crippen molar-refractivity contribution in [1.82, 2.24) is 14.5 Å². The number of carbonyl (C=O) groups is 3. The van der Waals surface area contributed by atoms with Gasteiger partial charge in [0.15, 0.2) is 5.60 Å². The van der Waals surface area contributed by atoms with E-state index in [9.17, 15) is 14.4 Å². The van der Waals surface area contributed by atoms with Crippen molar-refractivity contribution < 1.29 is 34.8 Å². The predicted molar refractivity (Wildman–Crippen MR) is 148 cm³/mol. The standard InChI is InChI=1S/C21H28N4S.C6H8O7/c1-18-5-10-21(26-18)16-25(13-4-12-24-14-11-22-17-24)15-19-6-8-20(9-7-19)23(2)3;7-3(8)1-6(13,5(11)12)2-4(9)10/h5-11,14,17H,4,12-13,15-16H2,1-3H3;13H,1-2H2,(H,7,8)(H,9,10)(H,11,12). The Morgan fingerprint density at radius 1 is 0.974 bits per heavy atom. The van der Waals surface area contributed by atoms with Gasteiger partial charge in [0, 0.05) is 68.1 Å². The van der Waals surface area contributed by atoms with E-state index in [1.54, 1.807) is 0 Å². The molecule has 3 rings (SSSR count). The molecule has 1 aromatic carbocycles. The summed E-state index contributed by atoms with van der Waals surface area (Å²) in [4.78, 5) is 42.1. The maximum Gasteiger partial charge on any atom is 0.336 e. The highest BCUT2D eigenvalue weighted by atomic mass is 32.1. The van der Waals surface area contributed by atoms with Gasteiger partial charge in [-0.15, -0.1) is 11.3 Å². The molecule has 12 heteroatoms. The van der Waals surface area contributed by atoms with Gasteiger partial charge in [0.05, 0.1) is 19.2 Å². The van der Waals surface area contributed by atoms with Crippen LogP contribution in [-0.2, 0) is 34.0 Å². The number of aromatic nitrogens is 2. The van der Waals surface area contributed by atoms with Gasteiger partial charge in [0.25, 0.3) is 0 Å². The van der Waals surface area contributed by atoms with Crippen molar-refractivity contribution in [2.24, 2.45) is 0 Å². The van der Waals surface area contributed by atoms with Gasteiger partial charge in [-0.25, -0.2) is 9.78 Å². The summed E-state index contributed by atoms with van der Waals surface area (Å²) in [7, 11) is 4.16. The highest BCUT2D eigenvalue weighted by Crippen LogP contribution is 2.20. The number of imidazole rings is 1. The second kappa shape index (κ2) is 15.0. The van der Waals surface area contributed by atoms with Crippen molar-refractivity contribution in [3.05, 3.63) is 70.4 Å². The Labute approximate surface area is 231 Å². The fraction of sp³-hybridized carbons (Fsp3) is 0.407. The van der Waals surface area contributed by atoms with Crippen LogP contribution in [0.15, 0.2) is 55.1 Å². The van der Waals surface area contributed by atoms with E-state index < -0.39 is 36.4 Å². The van der Waals surface area contributed by atoms with Crippen LogP contribution in [0, 0.1) is 6.92 Å². The summed E-state index contributed by atoms with van der Waals surface area (Å²) >= 11 is 1.90. The lowest BCUT2D eigenvalue weighted by Gasteiger charge is -2.22. The molecule has 0 saturated carbocycles. The zero-order valence-electron chi connectivity index (χ0n) is 22.4. The number of hydrogen-bond acceptors (Lipinski definition) is 8. The van der Waals surface area contributed by atoms with Crippen LogP contribution < -0.4 is 4.90 Å². The van der Waals surface area contributed by atoms with Gasteiger partial charge in [-0.3, -0.25) is 14.5 Å². The third-order valence-electron chi connectivity index (χ3n) is 5.77. The number of benzene rings is 1. The van der Waals surface area contributed by atoms with E-state index in [2.05, 4.69) is 76.8 Å². The molecule has 0 aliphatic carbocycles. The third kappa shape index (κ3) is 11.3. The first-order valence-corrected chi connectivity index (χ1v) is 13.1. The Balaban J connectivity index is 0.000000349. The van der Waals surface area contributed by atoms with Crippen molar-refractivity contribution >= 4 is 34.9 Å². The second-order valence-corrected chi connectivity index (χ2v) is 10.8. The first-order chi connectivity index (χ1) is 18.4. The lowest BCUT2D eigenvalue weighted by molar-refractivity contribution is -0.170. The van der Waals surface area contributed by atoms with E-state index in [-0.39, 0.29) is 0 Å². The van der Waals surface area contributed by atoms with E-state index in [0.717, 1.165) is 32.6 Å². The monoisotopic (exact) mass is 560 g/mol. The summed E-state index contributed by atoms with van der Waals surface area (Å²) < 4.78 is 2.15. The van der Waals surface area contributed by atoms with Crippen molar-refractivity contribution in [1.29, 1.82) is 0 Å². The Kier molecular flexibility index (Phi) is 12.1. The van der Waals surface area contributed by atoms with Crippen molar-refractivity contribution in [2.75, 3.05) is 25.5 Å². The Morgan fingerprint density at radius 2 is 1.62 bits per heavy atom. The summed E-state index contributed by atoms with van der Waals surface area (Å²) in [5, 5.41) is 33.8. The van der Waals surface area contributed by atoms with E-state index in [0.29, 0.717) is 0 Å². The van der Waals surface area contributed by atoms with Gasteiger partial charge in [0.1, 0.15) is 0 Å². The SMILES string of the molecule is Cc1ccc(CN(CCCn2ccnc2)Cc2ccc(N(C)C)cc2)s1.O=C(O)CC(O)(CC(=O)O)C(=O)O. The number of carboxylic acids is 3. The van der Waals surface area contributed by atoms with Crippen molar-refractivity contribution in [3.8, 4) is 0 Å². The van der Waals surface area contributed by atoms with Gasteiger partial charge in [-0.1, -0.05) is 12.1 Å². The number of aliphatic hydroxyl groups is 1. The van der Waals surface area contributed by atoms with Crippen LogP contribution in [0.2, 0.25) is 0 Å². The van der Waals surface area contributed by atoms with E-state index in [4.69, 9.17) is 20.4 Å². The summed E-state index contributed by atoms with van der Waals surface area (Å²) in [6.07, 6.45) is 4.61. The summed E-state index contributed by atoms with van der Waals surface area (Å²) in [6, 6.07) is 13.4. The van der Waals surface area contributed by atoms with Gasteiger partial charge >= 0.3 is 17.9 Å². The Bertz CT molecular complexity index is 1180. The van der Waals surface area contributed by atoms with E-state index in [1.807, 2.05) is 30.1 Å². The number of aryl methyl sites for hydroxylation is 2. The smallest absolute Gasteiger partial charge is 0.336 e. The number of carboxylic acid groups (broad SMARTS) is 3. The fourth-order valence-corrected chi connectivity index (χ4v) is 4.71. The molecule has 11 nitrogen and oxygen atoms in total. The minimum absolute atomic E-state index is 0.981. The van der Waals surface area contributed by atoms with E-state index in [1.165, 1.54) is 21.0 Å². The molecule has 0 radical (unpaired) electrons. The minimum atomic E-state index is -2.74. The highest BCUT2D eigenvalue weighted by Gasteiger charge is 2.40. The molecule has 0 amide bonds. The summed E-state index contributed by atoms with van der Waals surface area (Å²) in [5.41, 5.74) is -0.127. The first kappa shape index (κ1) is 31.5. The van der Waals surface area contributed by atoms with Crippen LogP contribution in [0.25, 0.3) is 0 Å². The van der Waals surface area contributed by atoms with Gasteiger partial charge < -0.3 is 29.9 Å². The molecule has 3 aromatic rings. The molecule has 0 unspecified atom stereocenters. The van der Waals surface area contributed by atoms with Gasteiger partial charge in [0.2, 0.25) is 0 Å². The average molecular weight is 561 g/mol. The molecular weight excluding hydrogens is 524 g/mol. The fourth-order valence-electron chi connectivity index (χ4n) is 3.77. The molecule has 0 bridgehead atoms. The minimum Gasteiger partial charge on any atom is -0.481 e. The van der Waals surface area contributed by atoms with E-state index >= 15 is 0 Å². The summed E-state index contributed by atoms with van der Waals surface area (Å²) in [6.45, 7) is 6.26. The molecule has 212 valence electrons. The van der Waals surface area contributed by atoms with Gasteiger partial charge in [-0.05, 0) is 43.2 Å². The Morgan fingerprint density at radius 3 is 2.08 bits per heavy atom. The summed E-state index contributed by atoms with van der Waals surface area (Å²) in [5.74, 6) is -5.02. The zero-order valence-corrected chi connectivity index (χ0v) is 23.2. The van der Waals surface area contributed by atoms with Crippen LogP contribution in [0.4, 0.5) is 5.69 Å². The molecule has 2 heterocycles. The number of thiophene rings is 1. The molecule has 0 fully saturated rings. The van der Waals surface area contributed by atoms with Crippen LogP contribution in [0.5, 0.6) is 0 Å². The zero-order chi connectivity index (χ0) is 29.0. The normalized spacial score (nSPS) is 11.1. The number of hydrogen-bond donors (Lipinski definition) is 4. The maximum atomic E-state index is 10.3. The molecule has 39 heavy (non-hydrogen) atoms. The molecule has 0 saturated heterocycles.